The number of benzene rings is 2. The van der Waals surface area contributed by atoms with Crippen molar-refractivity contribution in [3.05, 3.63) is 48.5 Å². The van der Waals surface area contributed by atoms with Crippen molar-refractivity contribution >= 4 is 49.9 Å². The normalized spacial score (nSPS) is 11.6. The molecule has 2 aromatic carbocycles. The fourth-order valence-corrected chi connectivity index (χ4v) is 5.55. The Hall–Kier alpha value is 1.44. The largest absolute Gasteiger partial charge is 1.00 e. The average molecular weight is 450 g/mol. The summed E-state index contributed by atoms with van der Waals surface area (Å²) in [6.07, 6.45) is 1.85. The molecule has 0 aliphatic carbocycles. The maximum atomic E-state index is 11.0. The van der Waals surface area contributed by atoms with E-state index in [2.05, 4.69) is 9.37 Å². The zero-order chi connectivity index (χ0) is 17.4. The second-order valence-electron chi connectivity index (χ2n) is 4.58. The van der Waals surface area contributed by atoms with Gasteiger partial charge in [0.25, 0.3) is 0 Å². The maximum Gasteiger partial charge on any atom is 1.00 e. The van der Waals surface area contributed by atoms with Gasteiger partial charge in [0.05, 0.1) is 16.9 Å². The molecule has 0 fully saturated rings. The molecule has 2 rings (SSSR count). The summed E-state index contributed by atoms with van der Waals surface area (Å²) in [5, 5.41) is 15.1. The molecule has 0 saturated heterocycles. The summed E-state index contributed by atoms with van der Waals surface area (Å²) in [5.41, 5.74) is 0. The summed E-state index contributed by atoms with van der Waals surface area (Å²) in [6.45, 7) is 0. The fourth-order valence-electron chi connectivity index (χ4n) is 1.89. The van der Waals surface area contributed by atoms with Gasteiger partial charge >= 0.3 is 59.1 Å². The summed E-state index contributed by atoms with van der Waals surface area (Å²) < 4.78 is 37.3. The van der Waals surface area contributed by atoms with Crippen molar-refractivity contribution in [3.63, 3.8) is 0 Å². The molecule has 0 bridgehead atoms. The van der Waals surface area contributed by atoms with Crippen molar-refractivity contribution in [1.29, 1.82) is 0 Å². The van der Waals surface area contributed by atoms with Crippen molar-refractivity contribution in [2.45, 2.75) is 9.79 Å². The van der Waals surface area contributed by atoms with Gasteiger partial charge in [-0.2, -0.15) is 4.33 Å². The van der Waals surface area contributed by atoms with Gasteiger partial charge < -0.3 is 9.81 Å². The van der Waals surface area contributed by atoms with Crippen LogP contribution in [-0.2, 0) is 19.5 Å². The van der Waals surface area contributed by atoms with E-state index >= 15 is 0 Å². The van der Waals surface area contributed by atoms with Crippen molar-refractivity contribution in [3.8, 4) is 0 Å². The van der Waals surface area contributed by atoms with E-state index in [1.54, 1.807) is 6.07 Å². The Morgan fingerprint density at radius 2 is 1.54 bits per heavy atom. The van der Waals surface area contributed by atoms with E-state index in [1.165, 1.54) is 12.1 Å². The molecule has 26 heavy (non-hydrogen) atoms. The van der Waals surface area contributed by atoms with Gasteiger partial charge in [-0.1, -0.05) is 41.4 Å². The van der Waals surface area contributed by atoms with Gasteiger partial charge in [-0.05, 0) is 47.2 Å². The Labute approximate surface area is 205 Å². The van der Waals surface area contributed by atoms with Crippen LogP contribution in [0.4, 0.5) is 0 Å². The van der Waals surface area contributed by atoms with Crippen LogP contribution in [-0.4, -0.2) is 25.3 Å². The predicted molar refractivity (Wildman–Crippen MR) is 94.5 cm³/mol. The maximum absolute atomic E-state index is 11.0. The van der Waals surface area contributed by atoms with E-state index in [-0.39, 0.29) is 64.0 Å². The Balaban J connectivity index is 0.00000312. The summed E-state index contributed by atoms with van der Waals surface area (Å²) in [5.74, 6) is 0. The van der Waals surface area contributed by atoms with E-state index in [9.17, 15) is 18.2 Å². The smallest absolute Gasteiger partial charge is 0.744 e. The molecule has 0 aliphatic rings. The Bertz CT molecular complexity index is 780. The van der Waals surface area contributed by atoms with Crippen LogP contribution in [0.15, 0.2) is 58.3 Å². The summed E-state index contributed by atoms with van der Waals surface area (Å²) in [4.78, 5) is 0.604. The second kappa shape index (κ2) is 14.4. The van der Waals surface area contributed by atoms with Crippen LogP contribution < -0.4 is 75.0 Å². The average Bonchev–Trinajstić information content (AvgIpc) is 2.57. The number of rotatable bonds is 9. The van der Waals surface area contributed by atoms with Crippen LogP contribution in [0.5, 0.6) is 0 Å². The minimum atomic E-state index is -4.40. The van der Waals surface area contributed by atoms with E-state index in [4.69, 9.17) is 0 Å². The molecule has 0 aromatic heterocycles. The van der Waals surface area contributed by atoms with Crippen LogP contribution in [0.1, 0.15) is 0 Å². The molecular weight excluding hydrogens is 436 g/mol. The second-order valence-corrected chi connectivity index (χ2v) is 9.60. The molecule has 12 heteroatoms. The van der Waals surface area contributed by atoms with Crippen molar-refractivity contribution in [2.24, 2.45) is 0 Å². The third-order valence-corrected chi connectivity index (χ3v) is 7.24. The summed E-state index contributed by atoms with van der Waals surface area (Å²) >= 11 is 0.860. The Morgan fingerprint density at radius 3 is 2.12 bits per heavy atom. The van der Waals surface area contributed by atoms with E-state index in [0.29, 0.717) is 17.2 Å². The van der Waals surface area contributed by atoms with E-state index < -0.39 is 10.1 Å². The van der Waals surface area contributed by atoms with Crippen molar-refractivity contribution in [2.75, 3.05) is 12.3 Å². The molecule has 0 N–H and O–H groups in total. The minimum Gasteiger partial charge on any atom is -0.744 e. The van der Waals surface area contributed by atoms with Crippen LogP contribution in [0, 0.1) is 0 Å². The molecule has 0 radical (unpaired) electrons. The SMILES string of the molecule is O=S(=O)([O-])c1cccc(PCCPc2cccc(SOO[O-])c2)c1.[Na+].[Na+]. The third-order valence-electron chi connectivity index (χ3n) is 2.90. The molecule has 6 nitrogen and oxygen atoms in total. The standard InChI is InChI=1S/C14H16O6P2S2.2Na/c15-19-20-23-13-5-1-3-11(9-13)21-7-8-22-12-4-2-6-14(10-12)24(16,17)18;;/h1-6,9-10,15,21-22H,7-8H2,(H,16,17,18);;/q;2*+1/p-2. The quantitative estimate of drug-likeness (QED) is 0.0719. The van der Waals surface area contributed by atoms with Gasteiger partial charge in [-0.3, -0.25) is 5.04 Å². The topological polar surface area (TPSA) is 98.7 Å². The fraction of sp³-hybridized carbons (Fsp3) is 0.143. The molecule has 2 atom stereocenters. The summed E-state index contributed by atoms with van der Waals surface area (Å²) in [6, 6.07) is 13.8. The van der Waals surface area contributed by atoms with Crippen molar-refractivity contribution < 1.29 is 86.7 Å². The molecule has 0 saturated carbocycles. The number of hydrogen-bond donors (Lipinski definition) is 0. The molecule has 2 unspecified atom stereocenters. The van der Waals surface area contributed by atoms with Gasteiger partial charge in [0, 0.05) is 4.90 Å². The number of hydrogen-bond acceptors (Lipinski definition) is 7. The van der Waals surface area contributed by atoms with Gasteiger partial charge in [0.15, 0.2) is 0 Å². The zero-order valence-electron chi connectivity index (χ0n) is 14.3. The van der Waals surface area contributed by atoms with E-state index in [0.717, 1.165) is 39.9 Å². The molecule has 0 amide bonds. The summed E-state index contributed by atoms with van der Waals surface area (Å²) in [7, 11) is -3.38. The molecule has 0 aliphatic heterocycles. The molecular formula is C14H14Na2O6P2S2. The third kappa shape index (κ3) is 10.3. The minimum absolute atomic E-state index is 0. The molecule has 0 spiro atoms. The van der Waals surface area contributed by atoms with Gasteiger partial charge in [-0.15, -0.1) is 0 Å². The van der Waals surface area contributed by atoms with Gasteiger partial charge in [0.1, 0.15) is 10.1 Å². The first-order valence-corrected chi connectivity index (χ1v) is 11.3. The Kier molecular flexibility index (Phi) is 15.2. The van der Waals surface area contributed by atoms with Gasteiger partial charge in [0.2, 0.25) is 0 Å². The predicted octanol–water partition coefficient (Wildman–Crippen LogP) is -4.86. The molecule has 2 aromatic rings. The van der Waals surface area contributed by atoms with Crippen LogP contribution in [0.2, 0.25) is 0 Å². The van der Waals surface area contributed by atoms with E-state index in [1.807, 2.05) is 30.3 Å². The van der Waals surface area contributed by atoms with Crippen LogP contribution in [0.3, 0.4) is 0 Å². The first-order valence-electron chi connectivity index (χ1n) is 6.76. The van der Waals surface area contributed by atoms with Gasteiger partial charge in [-0.25, -0.2) is 8.42 Å². The van der Waals surface area contributed by atoms with Crippen LogP contribution >= 0.6 is 29.2 Å². The zero-order valence-corrected chi connectivity index (χ0v) is 21.9. The molecule has 130 valence electrons. The first kappa shape index (κ1) is 27.4. The monoisotopic (exact) mass is 450 g/mol. The Morgan fingerprint density at radius 1 is 0.962 bits per heavy atom. The van der Waals surface area contributed by atoms with Crippen molar-refractivity contribution in [1.82, 2.24) is 0 Å². The first-order chi connectivity index (χ1) is 11.5. The molecule has 0 heterocycles. The van der Waals surface area contributed by atoms with Crippen LogP contribution in [0.25, 0.3) is 0 Å².